The molecule has 0 spiro atoms. The molecule has 1 heterocycles. The van der Waals surface area contributed by atoms with Gasteiger partial charge in [-0.1, -0.05) is 131 Å². The van der Waals surface area contributed by atoms with Gasteiger partial charge in [0.1, 0.15) is 26.4 Å². The minimum atomic E-state index is 0.320. The van der Waals surface area contributed by atoms with Crippen LogP contribution in [0.25, 0.3) is 0 Å². The highest BCUT2D eigenvalue weighted by Gasteiger charge is 2.61. The van der Waals surface area contributed by atoms with Gasteiger partial charge in [-0.15, -0.1) is 0 Å². The van der Waals surface area contributed by atoms with E-state index in [4.69, 9.17) is 37.9 Å². The lowest BCUT2D eigenvalue weighted by Crippen LogP contribution is -2.51. The number of rotatable bonds is 14. The average Bonchev–Trinajstić information content (AvgIpc) is 1.35. The van der Waals surface area contributed by atoms with E-state index < -0.39 is 0 Å². The molecule has 10 heteroatoms. The molecule has 0 unspecified atom stereocenters. The molecular formula is C78H122N2O8. The normalized spacial score (nSPS) is 36.6. The van der Waals surface area contributed by atoms with Gasteiger partial charge >= 0.3 is 0 Å². The summed E-state index contributed by atoms with van der Waals surface area (Å²) in [6, 6.07) is 13.4. The molecule has 88 heavy (non-hydrogen) atoms. The summed E-state index contributed by atoms with van der Waals surface area (Å²) in [5.74, 6) is 13.1. The third kappa shape index (κ3) is 14.8. The van der Waals surface area contributed by atoms with Gasteiger partial charge in [-0.25, -0.2) is 0 Å². The fourth-order valence-corrected chi connectivity index (χ4v) is 21.2. The van der Waals surface area contributed by atoms with Crippen LogP contribution < -0.4 is 29.6 Å². The first-order valence-corrected chi connectivity index (χ1v) is 36.6. The van der Waals surface area contributed by atoms with Crippen LogP contribution in [0.4, 0.5) is 11.4 Å². The summed E-state index contributed by atoms with van der Waals surface area (Å²) in [6.45, 7) is 30.7. The van der Waals surface area contributed by atoms with Gasteiger partial charge in [0.05, 0.1) is 52.9 Å². The molecule has 16 atom stereocenters. The summed E-state index contributed by atoms with van der Waals surface area (Å²) in [5, 5.41) is 7.93. The van der Waals surface area contributed by atoms with Crippen LogP contribution in [-0.2, 0) is 18.9 Å². The third-order valence-corrected chi connectivity index (χ3v) is 25.9. The lowest BCUT2D eigenvalue weighted by Gasteiger charge is -2.58. The summed E-state index contributed by atoms with van der Waals surface area (Å²) in [7, 11) is 0. The molecule has 0 bridgehead atoms. The molecule has 6 saturated carbocycles. The maximum absolute atomic E-state index is 6.43. The van der Waals surface area contributed by atoms with Crippen molar-refractivity contribution in [3.8, 4) is 23.0 Å². The van der Waals surface area contributed by atoms with Crippen LogP contribution in [0.3, 0.4) is 0 Å². The van der Waals surface area contributed by atoms with Crippen molar-refractivity contribution in [1.82, 2.24) is 0 Å². The standard InChI is InChI=1S/C78H122N2O8/c1-53(2)13-11-15-55(5)65-23-25-67-63-21-17-57-49-61(29-33-75(57,7)69(63)31-35-77(65,67)9)79-59-19-27-71-73(51-59)87-47-43-83-39-37-82-42-46-86-72-28-20-60(52-74(72)88-48-44-84-40-38-81-41-45-85-71)80-62-30-34-76(8)58(50-62)18-22-64-68-26-24-66(56(6)16-12-14-54(3)4)78(68,10)36-32-70(64)76/h17-20,27-28,51-56,61-70,79-80H,11-16,21-26,29-50H2,1-10H3/t55-,56-,61+,62+,63+,64+,65-,66-,67+,68+,69+,70+,75+,76+,77-,78-/m1/s1. The van der Waals surface area contributed by atoms with Gasteiger partial charge in [0.25, 0.3) is 0 Å². The Morgan fingerprint density at radius 1 is 0.409 bits per heavy atom. The van der Waals surface area contributed by atoms with Gasteiger partial charge in [0.2, 0.25) is 0 Å². The zero-order chi connectivity index (χ0) is 61.5. The highest BCUT2D eigenvalue weighted by atomic mass is 16.6. The largest absolute Gasteiger partial charge is 0.487 e. The van der Waals surface area contributed by atoms with E-state index >= 15 is 0 Å². The van der Waals surface area contributed by atoms with E-state index in [1.165, 1.54) is 128 Å². The highest BCUT2D eigenvalue weighted by Crippen LogP contribution is 2.69. The van der Waals surface area contributed by atoms with Gasteiger partial charge in [-0.2, -0.15) is 0 Å². The number of ether oxygens (including phenoxy) is 8. The smallest absolute Gasteiger partial charge is 0.163 e. The average molecular weight is 1220 g/mol. The Hall–Kier alpha value is -3.44. The second-order valence-electron chi connectivity index (χ2n) is 31.9. The van der Waals surface area contributed by atoms with E-state index in [1.807, 2.05) is 12.1 Å². The Balaban J connectivity index is 0.637. The quantitative estimate of drug-likeness (QED) is 0.178. The van der Waals surface area contributed by atoms with Crippen LogP contribution in [0.5, 0.6) is 23.0 Å². The second-order valence-corrected chi connectivity index (χ2v) is 31.9. The van der Waals surface area contributed by atoms with Gasteiger partial charge in [0.15, 0.2) is 23.0 Å². The Morgan fingerprint density at radius 3 is 1.17 bits per heavy atom. The van der Waals surface area contributed by atoms with Crippen molar-refractivity contribution in [2.75, 3.05) is 89.9 Å². The van der Waals surface area contributed by atoms with Crippen LogP contribution in [-0.4, -0.2) is 91.4 Å². The lowest BCUT2D eigenvalue weighted by molar-refractivity contribution is -0.0506. The van der Waals surface area contributed by atoms with Crippen molar-refractivity contribution in [3.63, 3.8) is 0 Å². The fourth-order valence-electron chi connectivity index (χ4n) is 21.2. The first-order chi connectivity index (χ1) is 42.6. The SMILES string of the molecule is CC(C)CCC[C@@H](C)[C@H]1CC[C@H]2[C@@H]3CC=C4C[C@@H](Nc5ccc6c(c5)OCCOCCOCCOc5ccc(N[C@H]7CC[C@@]8(C)C(=CC[C@H]9[C@@H]%10CC[C@H]([C@H](C)CCCC(C)C)[C@@]%10(C)CC[C@@H]98)C7)cc5OCCOCCOCCO6)CC[C@]4(C)[C@H]3CC[C@]12C. The van der Waals surface area contributed by atoms with Crippen molar-refractivity contribution in [1.29, 1.82) is 0 Å². The minimum absolute atomic E-state index is 0.320. The third-order valence-electron chi connectivity index (χ3n) is 25.9. The Bertz CT molecular complexity index is 2440. The van der Waals surface area contributed by atoms with E-state index in [2.05, 4.69) is 116 Å². The van der Waals surface area contributed by atoms with Crippen LogP contribution in [0.1, 0.15) is 210 Å². The van der Waals surface area contributed by atoms with E-state index in [1.54, 1.807) is 11.1 Å². The lowest BCUT2D eigenvalue weighted by atomic mass is 9.47. The molecule has 2 aromatic rings. The molecule has 1 aliphatic heterocycles. The summed E-state index contributed by atoms with van der Waals surface area (Å²) in [4.78, 5) is 0. The molecule has 0 amide bonds. The molecule has 11 rings (SSSR count). The predicted octanol–water partition coefficient (Wildman–Crippen LogP) is 18.6. The topological polar surface area (TPSA) is 97.9 Å². The van der Waals surface area contributed by atoms with E-state index in [0.29, 0.717) is 125 Å². The molecule has 0 radical (unpaired) electrons. The number of benzene rings is 2. The van der Waals surface area contributed by atoms with Gasteiger partial charge in [0, 0.05) is 35.6 Å². The number of allylic oxidation sites excluding steroid dienone is 2. The molecule has 9 aliphatic rings. The molecular weight excluding hydrogens is 1090 g/mol. The number of nitrogens with one attached hydrogen (secondary N) is 2. The molecule has 8 aliphatic carbocycles. The second kappa shape index (κ2) is 29.7. The molecule has 2 aromatic carbocycles. The predicted molar refractivity (Wildman–Crippen MR) is 359 cm³/mol. The number of hydrogen-bond acceptors (Lipinski definition) is 10. The van der Waals surface area contributed by atoms with Gasteiger partial charge in [-0.3, -0.25) is 0 Å². The zero-order valence-electron chi connectivity index (χ0n) is 57.0. The van der Waals surface area contributed by atoms with Crippen LogP contribution in [0, 0.1) is 92.7 Å². The van der Waals surface area contributed by atoms with Crippen LogP contribution >= 0.6 is 0 Å². The van der Waals surface area contributed by atoms with Crippen LogP contribution in [0.2, 0.25) is 0 Å². The molecule has 492 valence electrons. The maximum Gasteiger partial charge on any atom is 0.163 e. The molecule has 0 saturated heterocycles. The van der Waals surface area contributed by atoms with Gasteiger partial charge < -0.3 is 48.5 Å². The Labute approximate surface area is 534 Å². The van der Waals surface area contributed by atoms with Crippen molar-refractivity contribution in [2.45, 2.75) is 223 Å². The van der Waals surface area contributed by atoms with Gasteiger partial charge in [-0.05, 0) is 220 Å². The van der Waals surface area contributed by atoms with E-state index in [9.17, 15) is 0 Å². The molecule has 10 nitrogen and oxygen atoms in total. The number of hydrogen-bond donors (Lipinski definition) is 2. The summed E-state index contributed by atoms with van der Waals surface area (Å²) in [5.41, 5.74) is 7.26. The highest BCUT2D eigenvalue weighted by molar-refractivity contribution is 5.57. The van der Waals surface area contributed by atoms with Crippen molar-refractivity contribution < 1.29 is 37.9 Å². The Kier molecular flexibility index (Phi) is 22.3. The van der Waals surface area contributed by atoms with E-state index in [-0.39, 0.29) is 0 Å². The van der Waals surface area contributed by atoms with Crippen molar-refractivity contribution in [2.24, 2.45) is 92.7 Å². The Morgan fingerprint density at radius 2 is 0.784 bits per heavy atom. The zero-order valence-corrected chi connectivity index (χ0v) is 57.0. The first-order valence-electron chi connectivity index (χ1n) is 36.6. The summed E-state index contributed by atoms with van der Waals surface area (Å²) >= 11 is 0. The molecule has 2 N–H and O–H groups in total. The van der Waals surface area contributed by atoms with Crippen molar-refractivity contribution in [3.05, 3.63) is 59.7 Å². The first kappa shape index (κ1) is 66.0. The maximum atomic E-state index is 6.43. The van der Waals surface area contributed by atoms with Crippen molar-refractivity contribution >= 4 is 11.4 Å². The molecule has 6 fully saturated rings. The minimum Gasteiger partial charge on any atom is -0.487 e. The van der Waals surface area contributed by atoms with Crippen LogP contribution in [0.15, 0.2) is 59.7 Å². The summed E-state index contributed by atoms with van der Waals surface area (Å²) < 4.78 is 49.6. The summed E-state index contributed by atoms with van der Waals surface area (Å²) in [6.07, 6.45) is 35.0. The van der Waals surface area contributed by atoms with E-state index in [0.717, 1.165) is 107 Å². The number of fused-ring (bicyclic) bond motifs is 12. The monoisotopic (exact) mass is 1210 g/mol. The fraction of sp³-hybridized carbons (Fsp3) is 0.795. The molecule has 0 aromatic heterocycles. The number of anilines is 2.